The lowest BCUT2D eigenvalue weighted by Crippen LogP contribution is -1.99. The van der Waals surface area contributed by atoms with Gasteiger partial charge >= 0.3 is 0 Å². The van der Waals surface area contributed by atoms with Crippen LogP contribution in [0.1, 0.15) is 12.5 Å². The van der Waals surface area contributed by atoms with Gasteiger partial charge in [-0.25, -0.2) is 0 Å². The molecule has 1 rings (SSSR count). The minimum absolute atomic E-state index is 0.180. The highest BCUT2D eigenvalue weighted by Crippen LogP contribution is 2.27. The van der Waals surface area contributed by atoms with Crippen LogP contribution in [-0.2, 0) is 4.79 Å². The molecule has 1 aromatic rings. The fourth-order valence-corrected chi connectivity index (χ4v) is 1.61. The van der Waals surface area contributed by atoms with Gasteiger partial charge < -0.3 is 5.11 Å². The van der Waals surface area contributed by atoms with Crippen molar-refractivity contribution in [2.24, 2.45) is 0 Å². The van der Waals surface area contributed by atoms with Gasteiger partial charge in [0.1, 0.15) is 17.4 Å². The number of nitrogens with zero attached hydrogens (tertiary/aromatic N) is 1. The number of aliphatic hydroxyl groups is 1. The summed E-state index contributed by atoms with van der Waals surface area (Å²) in [5.41, 5.74) is -0.123. The molecule has 16 heavy (non-hydrogen) atoms. The van der Waals surface area contributed by atoms with Gasteiger partial charge in [-0.15, -0.1) is 0 Å². The molecule has 0 bridgehead atoms. The Bertz CT molecular complexity index is 515. The molecule has 0 atom stereocenters. The number of benzene rings is 1. The molecule has 0 aliphatic rings. The molecule has 5 heteroatoms. The van der Waals surface area contributed by atoms with Gasteiger partial charge in [0.05, 0.1) is 5.02 Å². The molecule has 0 saturated heterocycles. The number of carbonyl (C=O) groups excluding carboxylic acids is 1. The van der Waals surface area contributed by atoms with E-state index in [-0.39, 0.29) is 16.2 Å². The standard InChI is InChI=1S/C11H7Cl2NO2/c1-6(15)9(5-14)11(16)8-3-2-7(12)4-10(8)13/h2-4,16H,1H3. The molecule has 1 aromatic carbocycles. The molecule has 1 N–H and O–H groups in total. The number of halogens is 2. The Balaban J connectivity index is 3.40. The van der Waals surface area contributed by atoms with E-state index in [1.807, 2.05) is 0 Å². The van der Waals surface area contributed by atoms with Crippen molar-refractivity contribution in [2.45, 2.75) is 6.92 Å². The lowest BCUT2D eigenvalue weighted by atomic mass is 10.1. The maximum absolute atomic E-state index is 11.1. The first-order chi connectivity index (χ1) is 7.47. The van der Waals surface area contributed by atoms with E-state index in [9.17, 15) is 9.90 Å². The van der Waals surface area contributed by atoms with E-state index in [1.54, 1.807) is 6.07 Å². The van der Waals surface area contributed by atoms with Gasteiger partial charge in [-0.3, -0.25) is 4.79 Å². The number of aliphatic hydroxyl groups excluding tert-OH is 1. The third-order valence-electron chi connectivity index (χ3n) is 1.89. The zero-order chi connectivity index (χ0) is 12.3. The Kier molecular flexibility index (Phi) is 3.94. The number of hydrogen-bond donors (Lipinski definition) is 1. The van der Waals surface area contributed by atoms with Crippen LogP contribution in [0.2, 0.25) is 10.0 Å². The summed E-state index contributed by atoms with van der Waals surface area (Å²) in [6.45, 7) is 1.19. The Labute approximate surface area is 103 Å². The van der Waals surface area contributed by atoms with Crippen molar-refractivity contribution < 1.29 is 9.90 Å². The fraction of sp³-hybridized carbons (Fsp3) is 0.0909. The van der Waals surface area contributed by atoms with Crippen molar-refractivity contribution in [1.82, 2.24) is 0 Å². The first-order valence-electron chi connectivity index (χ1n) is 4.27. The van der Waals surface area contributed by atoms with Crippen molar-refractivity contribution in [3.05, 3.63) is 39.4 Å². The average molecular weight is 256 g/mol. The first-order valence-corrected chi connectivity index (χ1v) is 5.02. The van der Waals surface area contributed by atoms with E-state index in [1.165, 1.54) is 25.1 Å². The van der Waals surface area contributed by atoms with Crippen molar-refractivity contribution in [1.29, 1.82) is 5.26 Å². The summed E-state index contributed by atoms with van der Waals surface area (Å²) in [4.78, 5) is 11.1. The van der Waals surface area contributed by atoms with Crippen LogP contribution in [0, 0.1) is 11.3 Å². The van der Waals surface area contributed by atoms with Crippen molar-refractivity contribution >= 4 is 34.7 Å². The summed E-state index contributed by atoms with van der Waals surface area (Å²) in [6.07, 6.45) is 0. The number of hydrogen-bond acceptors (Lipinski definition) is 3. The van der Waals surface area contributed by atoms with Gasteiger partial charge in [-0.05, 0) is 18.2 Å². The second-order valence-corrected chi connectivity index (χ2v) is 3.86. The number of rotatable bonds is 2. The van der Waals surface area contributed by atoms with Gasteiger partial charge in [0.2, 0.25) is 0 Å². The molecule has 0 aliphatic carbocycles. The van der Waals surface area contributed by atoms with Crippen LogP contribution in [-0.4, -0.2) is 10.9 Å². The monoisotopic (exact) mass is 255 g/mol. The van der Waals surface area contributed by atoms with E-state index < -0.39 is 11.5 Å². The molecule has 0 fully saturated rings. The Morgan fingerprint density at radius 1 is 1.44 bits per heavy atom. The largest absolute Gasteiger partial charge is 0.506 e. The van der Waals surface area contributed by atoms with E-state index in [2.05, 4.69) is 0 Å². The van der Waals surface area contributed by atoms with Crippen molar-refractivity contribution in [2.75, 3.05) is 0 Å². The zero-order valence-corrected chi connectivity index (χ0v) is 9.80. The second-order valence-electron chi connectivity index (χ2n) is 3.02. The molecule has 0 radical (unpaired) electrons. The van der Waals surface area contributed by atoms with Crippen LogP contribution >= 0.6 is 23.2 Å². The average Bonchev–Trinajstić information content (AvgIpc) is 2.17. The summed E-state index contributed by atoms with van der Waals surface area (Å²) < 4.78 is 0. The van der Waals surface area contributed by atoms with Crippen LogP contribution < -0.4 is 0 Å². The number of Topliss-reactive ketones (excluding diaryl/α,β-unsaturated/α-hetero) is 1. The maximum atomic E-state index is 11.1. The van der Waals surface area contributed by atoms with Crippen molar-refractivity contribution in [3.63, 3.8) is 0 Å². The molecule has 0 saturated carbocycles. The summed E-state index contributed by atoms with van der Waals surface area (Å²) >= 11 is 11.5. The van der Waals surface area contributed by atoms with E-state index in [0.29, 0.717) is 5.02 Å². The highest BCUT2D eigenvalue weighted by Gasteiger charge is 2.14. The third-order valence-corrected chi connectivity index (χ3v) is 2.43. The molecule has 0 amide bonds. The quantitative estimate of drug-likeness (QED) is 0.501. The van der Waals surface area contributed by atoms with Crippen molar-refractivity contribution in [3.8, 4) is 6.07 Å². The molecular formula is C11H7Cl2NO2. The molecule has 0 spiro atoms. The molecule has 3 nitrogen and oxygen atoms in total. The number of ketones is 1. The van der Waals surface area contributed by atoms with Crippen LogP contribution in [0.15, 0.2) is 23.8 Å². The normalized spacial score (nSPS) is 11.6. The summed E-state index contributed by atoms with van der Waals surface area (Å²) in [7, 11) is 0. The van der Waals surface area contributed by atoms with Gasteiger partial charge in [0, 0.05) is 17.5 Å². The van der Waals surface area contributed by atoms with Crippen LogP contribution in [0.3, 0.4) is 0 Å². The van der Waals surface area contributed by atoms with E-state index in [0.717, 1.165) is 0 Å². The van der Waals surface area contributed by atoms with Gasteiger partial charge in [0.15, 0.2) is 5.78 Å². The van der Waals surface area contributed by atoms with E-state index in [4.69, 9.17) is 28.5 Å². The summed E-state index contributed by atoms with van der Waals surface area (Å²) in [5.74, 6) is -0.956. The van der Waals surface area contributed by atoms with E-state index >= 15 is 0 Å². The zero-order valence-electron chi connectivity index (χ0n) is 8.29. The molecular weight excluding hydrogens is 249 g/mol. The highest BCUT2D eigenvalue weighted by molar-refractivity contribution is 6.35. The van der Waals surface area contributed by atoms with Crippen LogP contribution in [0.25, 0.3) is 5.76 Å². The smallest absolute Gasteiger partial charge is 0.174 e. The van der Waals surface area contributed by atoms with Gasteiger partial charge in [-0.2, -0.15) is 5.26 Å². The maximum Gasteiger partial charge on any atom is 0.174 e. The predicted molar refractivity (Wildman–Crippen MR) is 62.3 cm³/mol. The highest BCUT2D eigenvalue weighted by atomic mass is 35.5. The Morgan fingerprint density at radius 3 is 2.50 bits per heavy atom. The SMILES string of the molecule is CC(=O)C(C#N)=C(O)c1ccc(Cl)cc1Cl. The molecule has 0 aromatic heterocycles. The topological polar surface area (TPSA) is 61.1 Å². The molecule has 0 aliphatic heterocycles. The first kappa shape index (κ1) is 12.6. The number of allylic oxidation sites excluding steroid dienone is 1. The molecule has 0 heterocycles. The minimum atomic E-state index is -0.522. The minimum Gasteiger partial charge on any atom is -0.506 e. The van der Waals surface area contributed by atoms with Gasteiger partial charge in [-0.1, -0.05) is 23.2 Å². The van der Waals surface area contributed by atoms with Crippen LogP contribution in [0.4, 0.5) is 0 Å². The fourth-order valence-electron chi connectivity index (χ4n) is 1.11. The molecule has 0 unspecified atom stereocenters. The Morgan fingerprint density at radius 2 is 2.06 bits per heavy atom. The lowest BCUT2D eigenvalue weighted by molar-refractivity contribution is -0.113. The predicted octanol–water partition coefficient (Wildman–Crippen LogP) is 3.38. The molecule has 82 valence electrons. The summed E-state index contributed by atoms with van der Waals surface area (Å²) in [6, 6.07) is 6.00. The summed E-state index contributed by atoms with van der Waals surface area (Å²) in [5, 5.41) is 19.0. The number of carbonyl (C=O) groups is 1. The van der Waals surface area contributed by atoms with Gasteiger partial charge in [0.25, 0.3) is 0 Å². The third kappa shape index (κ3) is 2.54. The number of nitriles is 1. The lowest BCUT2D eigenvalue weighted by Gasteiger charge is -2.04. The van der Waals surface area contributed by atoms with Crippen LogP contribution in [0.5, 0.6) is 0 Å². The second kappa shape index (κ2) is 5.02. The Hall–Kier alpha value is -1.50.